The van der Waals surface area contributed by atoms with Crippen LogP contribution in [-0.4, -0.2) is 27.1 Å². The second-order valence-electron chi connectivity index (χ2n) is 5.13. The highest BCUT2D eigenvalue weighted by molar-refractivity contribution is 9.10. The summed E-state index contributed by atoms with van der Waals surface area (Å²) in [5, 5.41) is 4.58. The van der Waals surface area contributed by atoms with Crippen molar-refractivity contribution in [2.45, 2.75) is 53.1 Å². The number of hydrogen-bond donors (Lipinski definition) is 0. The first-order valence-corrected chi connectivity index (χ1v) is 7.91. The lowest BCUT2D eigenvalue weighted by molar-refractivity contribution is -0.128. The van der Waals surface area contributed by atoms with Crippen molar-refractivity contribution in [2.75, 3.05) is 6.54 Å². The summed E-state index contributed by atoms with van der Waals surface area (Å²) in [5.74, 6) is 0.801. The topological polar surface area (TPSA) is 38.1 Å². The van der Waals surface area contributed by atoms with Crippen LogP contribution in [0.2, 0.25) is 0 Å². The van der Waals surface area contributed by atoms with Crippen molar-refractivity contribution in [2.24, 2.45) is 5.92 Å². The van der Waals surface area contributed by atoms with Gasteiger partial charge in [0.2, 0.25) is 5.91 Å². The van der Waals surface area contributed by atoms with Gasteiger partial charge in [-0.25, -0.2) is 0 Å². The zero-order valence-electron chi connectivity index (χ0n) is 11.9. The second kappa shape index (κ2) is 6.07. The smallest absolute Gasteiger partial charge is 0.223 e. The number of nitrogens with zero attached hydrogens (tertiary/aromatic N) is 3. The quantitative estimate of drug-likeness (QED) is 0.833. The largest absolute Gasteiger partial charge is 0.336 e. The Balaban J connectivity index is 2.19. The minimum absolute atomic E-state index is 0.278. The van der Waals surface area contributed by atoms with Crippen LogP contribution in [0, 0.1) is 5.92 Å². The minimum atomic E-state index is 0.278. The van der Waals surface area contributed by atoms with Crippen molar-refractivity contribution in [3.63, 3.8) is 0 Å². The fraction of sp³-hybridized carbons (Fsp3) is 0.714. The Labute approximate surface area is 123 Å². The lowest BCUT2D eigenvalue weighted by atomic mass is 10.1. The number of rotatable bonds is 5. The van der Waals surface area contributed by atoms with Gasteiger partial charge in [-0.15, -0.1) is 0 Å². The van der Waals surface area contributed by atoms with Gasteiger partial charge in [-0.1, -0.05) is 20.3 Å². The number of carbonyl (C=O) groups excluding carboxylic acids is 1. The van der Waals surface area contributed by atoms with E-state index in [0.29, 0.717) is 18.9 Å². The maximum atomic E-state index is 12.0. The minimum Gasteiger partial charge on any atom is -0.336 e. The van der Waals surface area contributed by atoms with Crippen LogP contribution in [0.15, 0.2) is 4.47 Å². The molecule has 1 aliphatic heterocycles. The van der Waals surface area contributed by atoms with Crippen LogP contribution in [0.5, 0.6) is 0 Å². The molecule has 1 fully saturated rings. The van der Waals surface area contributed by atoms with Crippen LogP contribution in [0.25, 0.3) is 0 Å². The molecular weight excluding hydrogens is 306 g/mol. The zero-order chi connectivity index (χ0) is 14.0. The third kappa shape index (κ3) is 2.86. The van der Waals surface area contributed by atoms with E-state index >= 15 is 0 Å². The van der Waals surface area contributed by atoms with Gasteiger partial charge in [0.25, 0.3) is 0 Å². The number of aryl methyl sites for hydroxylation is 2. The molecule has 1 unspecified atom stereocenters. The van der Waals surface area contributed by atoms with E-state index in [1.54, 1.807) is 0 Å². The van der Waals surface area contributed by atoms with Crippen molar-refractivity contribution in [3.8, 4) is 0 Å². The van der Waals surface area contributed by atoms with E-state index in [0.717, 1.165) is 41.8 Å². The zero-order valence-corrected chi connectivity index (χ0v) is 13.5. The van der Waals surface area contributed by atoms with E-state index in [-0.39, 0.29) is 5.91 Å². The van der Waals surface area contributed by atoms with Crippen LogP contribution in [0.4, 0.5) is 0 Å². The molecular formula is C14H22BrN3O. The maximum Gasteiger partial charge on any atom is 0.223 e. The molecule has 1 aromatic heterocycles. The molecule has 2 heterocycles. The van der Waals surface area contributed by atoms with Gasteiger partial charge in [0.1, 0.15) is 0 Å². The Morgan fingerprint density at radius 1 is 1.37 bits per heavy atom. The molecule has 0 N–H and O–H groups in total. The molecule has 4 nitrogen and oxygen atoms in total. The monoisotopic (exact) mass is 327 g/mol. The van der Waals surface area contributed by atoms with Crippen LogP contribution in [0.1, 0.15) is 45.0 Å². The fourth-order valence-electron chi connectivity index (χ4n) is 2.63. The summed E-state index contributed by atoms with van der Waals surface area (Å²) < 4.78 is 3.08. The van der Waals surface area contributed by atoms with Crippen molar-refractivity contribution in [3.05, 3.63) is 15.9 Å². The molecule has 5 heteroatoms. The first-order valence-electron chi connectivity index (χ1n) is 7.12. The Bertz CT molecular complexity index is 470. The van der Waals surface area contributed by atoms with E-state index in [2.05, 4.69) is 41.8 Å². The summed E-state index contributed by atoms with van der Waals surface area (Å²) >= 11 is 3.64. The third-order valence-electron chi connectivity index (χ3n) is 3.91. The van der Waals surface area contributed by atoms with Crippen LogP contribution in [-0.2, 0) is 24.3 Å². The van der Waals surface area contributed by atoms with Crippen molar-refractivity contribution in [1.82, 2.24) is 14.7 Å². The highest BCUT2D eigenvalue weighted by Gasteiger charge is 2.29. The summed E-state index contributed by atoms with van der Waals surface area (Å²) in [6.45, 7) is 8.75. The summed E-state index contributed by atoms with van der Waals surface area (Å²) in [5.41, 5.74) is 2.21. The molecule has 19 heavy (non-hydrogen) atoms. The standard InChI is InChI=1S/C14H22BrN3O/c1-4-10-7-13(19)17(8-10)9-12-14(15)11(5-2)16-18(12)6-3/h10H,4-9H2,1-3H3. The highest BCUT2D eigenvalue weighted by Crippen LogP contribution is 2.27. The van der Waals surface area contributed by atoms with Gasteiger partial charge >= 0.3 is 0 Å². The molecule has 0 aliphatic carbocycles. The number of amides is 1. The predicted molar refractivity (Wildman–Crippen MR) is 78.8 cm³/mol. The highest BCUT2D eigenvalue weighted by atomic mass is 79.9. The SMILES string of the molecule is CCc1nn(CC)c(CN2CC(CC)CC2=O)c1Br. The maximum absolute atomic E-state index is 12.0. The number of likely N-dealkylation sites (tertiary alicyclic amines) is 1. The molecule has 2 rings (SSSR count). The van der Waals surface area contributed by atoms with Crippen LogP contribution < -0.4 is 0 Å². The Kier molecular flexibility index (Phi) is 4.66. The molecule has 1 amide bonds. The van der Waals surface area contributed by atoms with Crippen LogP contribution in [0.3, 0.4) is 0 Å². The predicted octanol–water partition coefficient (Wildman–Crippen LogP) is 2.99. The molecule has 0 aromatic carbocycles. The average Bonchev–Trinajstić information content (AvgIpc) is 2.92. The van der Waals surface area contributed by atoms with Gasteiger partial charge in [-0.2, -0.15) is 5.10 Å². The lowest BCUT2D eigenvalue weighted by Crippen LogP contribution is -2.26. The first-order chi connectivity index (χ1) is 9.10. The Morgan fingerprint density at radius 3 is 2.63 bits per heavy atom. The summed E-state index contributed by atoms with van der Waals surface area (Å²) in [6.07, 6.45) is 2.69. The molecule has 106 valence electrons. The van der Waals surface area contributed by atoms with Gasteiger partial charge < -0.3 is 4.90 Å². The third-order valence-corrected chi connectivity index (χ3v) is 4.82. The molecule has 1 aliphatic rings. The van der Waals surface area contributed by atoms with E-state index in [4.69, 9.17) is 0 Å². The Hall–Kier alpha value is -0.840. The Morgan fingerprint density at radius 2 is 2.11 bits per heavy atom. The molecule has 1 saturated heterocycles. The van der Waals surface area contributed by atoms with E-state index in [9.17, 15) is 4.79 Å². The number of carbonyl (C=O) groups is 1. The van der Waals surface area contributed by atoms with Crippen molar-refractivity contribution < 1.29 is 4.79 Å². The normalized spacial score (nSPS) is 19.5. The molecule has 1 atom stereocenters. The molecule has 0 spiro atoms. The average molecular weight is 328 g/mol. The molecule has 0 radical (unpaired) electrons. The van der Waals surface area contributed by atoms with E-state index in [1.807, 2.05) is 9.58 Å². The van der Waals surface area contributed by atoms with Crippen molar-refractivity contribution in [1.29, 1.82) is 0 Å². The van der Waals surface area contributed by atoms with Crippen molar-refractivity contribution >= 4 is 21.8 Å². The number of halogens is 1. The van der Waals surface area contributed by atoms with Gasteiger partial charge in [-0.3, -0.25) is 9.48 Å². The van der Waals surface area contributed by atoms with Gasteiger partial charge in [0.05, 0.1) is 22.4 Å². The summed E-state index contributed by atoms with van der Waals surface area (Å²) in [6, 6.07) is 0. The second-order valence-corrected chi connectivity index (χ2v) is 5.92. The summed E-state index contributed by atoms with van der Waals surface area (Å²) in [7, 11) is 0. The van der Waals surface area contributed by atoms with E-state index < -0.39 is 0 Å². The number of aromatic nitrogens is 2. The molecule has 1 aromatic rings. The summed E-state index contributed by atoms with van der Waals surface area (Å²) in [4.78, 5) is 14.0. The van der Waals surface area contributed by atoms with E-state index in [1.165, 1.54) is 0 Å². The molecule has 0 bridgehead atoms. The van der Waals surface area contributed by atoms with Crippen LogP contribution >= 0.6 is 15.9 Å². The fourth-order valence-corrected chi connectivity index (χ4v) is 3.32. The van der Waals surface area contributed by atoms with Gasteiger partial charge in [-0.05, 0) is 35.2 Å². The lowest BCUT2D eigenvalue weighted by Gasteiger charge is -2.17. The molecule has 0 saturated carbocycles. The number of hydrogen-bond acceptors (Lipinski definition) is 2. The first kappa shape index (κ1) is 14.6. The van der Waals surface area contributed by atoms with Gasteiger partial charge in [0, 0.05) is 19.5 Å². The van der Waals surface area contributed by atoms with Gasteiger partial charge in [0.15, 0.2) is 0 Å².